The Balaban J connectivity index is 1.68. The van der Waals surface area contributed by atoms with Crippen molar-refractivity contribution >= 4 is 23.1 Å². The van der Waals surface area contributed by atoms with Crippen molar-refractivity contribution < 1.29 is 0 Å². The first-order valence-electron chi connectivity index (χ1n) is 10.0. The average molecular weight is 421 g/mol. The van der Waals surface area contributed by atoms with Crippen molar-refractivity contribution in [3.05, 3.63) is 100 Å². The number of thiophene rings is 1. The van der Waals surface area contributed by atoms with Crippen LogP contribution in [0.25, 0.3) is 17.2 Å². The molecular weight excluding hydrogens is 400 g/mol. The van der Waals surface area contributed by atoms with Crippen molar-refractivity contribution in [1.29, 1.82) is 10.5 Å². The van der Waals surface area contributed by atoms with Gasteiger partial charge >= 0.3 is 0 Å². The fourth-order valence-electron chi connectivity index (χ4n) is 3.65. The number of aliphatic imine (C=N–C) groups is 1. The summed E-state index contributed by atoms with van der Waals surface area (Å²) in [6.45, 7) is 2.58. The van der Waals surface area contributed by atoms with E-state index in [2.05, 4.69) is 65.7 Å². The predicted octanol–water partition coefficient (Wildman–Crippen LogP) is 5.88. The Morgan fingerprint density at radius 1 is 0.968 bits per heavy atom. The van der Waals surface area contributed by atoms with Gasteiger partial charge in [0.05, 0.1) is 16.6 Å². The zero-order chi connectivity index (χ0) is 21.6. The van der Waals surface area contributed by atoms with Crippen LogP contribution in [-0.4, -0.2) is 23.2 Å². The normalized spacial score (nSPS) is 16.2. The molecular formula is C26H20N4S. The summed E-state index contributed by atoms with van der Waals surface area (Å²) in [6.07, 6.45) is 4.11. The van der Waals surface area contributed by atoms with Gasteiger partial charge < -0.3 is 4.90 Å². The highest BCUT2D eigenvalue weighted by Crippen LogP contribution is 2.28. The molecule has 5 heteroatoms. The molecule has 1 aliphatic heterocycles. The molecule has 1 atom stereocenters. The van der Waals surface area contributed by atoms with Crippen LogP contribution in [0.1, 0.15) is 17.4 Å². The first-order valence-corrected chi connectivity index (χ1v) is 10.9. The Kier molecular flexibility index (Phi) is 6.08. The van der Waals surface area contributed by atoms with Gasteiger partial charge in [-0.25, -0.2) is 4.99 Å². The molecule has 31 heavy (non-hydrogen) atoms. The third-order valence-electron chi connectivity index (χ3n) is 5.17. The molecule has 2 heterocycles. The van der Waals surface area contributed by atoms with Crippen LogP contribution in [0.15, 0.2) is 94.6 Å². The monoisotopic (exact) mass is 420 g/mol. The number of rotatable bonds is 5. The third-order valence-corrected chi connectivity index (χ3v) is 6.07. The van der Waals surface area contributed by atoms with Crippen molar-refractivity contribution in [2.24, 2.45) is 4.99 Å². The van der Waals surface area contributed by atoms with Gasteiger partial charge in [0.2, 0.25) is 0 Å². The molecule has 150 valence electrons. The van der Waals surface area contributed by atoms with E-state index >= 15 is 0 Å². The van der Waals surface area contributed by atoms with E-state index in [-0.39, 0.29) is 11.7 Å². The lowest BCUT2D eigenvalue weighted by Crippen LogP contribution is -2.42. The van der Waals surface area contributed by atoms with Crippen molar-refractivity contribution in [2.45, 2.75) is 13.0 Å². The molecule has 0 N–H and O–H groups in total. The largest absolute Gasteiger partial charge is 0.349 e. The van der Waals surface area contributed by atoms with Gasteiger partial charge in [0.1, 0.15) is 12.1 Å². The highest BCUT2D eigenvalue weighted by molar-refractivity contribution is 7.12. The minimum atomic E-state index is -0.218. The maximum Gasteiger partial charge on any atom is 0.175 e. The molecule has 0 saturated heterocycles. The molecule has 0 amide bonds. The highest BCUT2D eigenvalue weighted by Gasteiger charge is 2.31. The minimum absolute atomic E-state index is 0.171. The second-order valence-electron chi connectivity index (χ2n) is 6.97. The van der Waals surface area contributed by atoms with Gasteiger partial charge in [-0.3, -0.25) is 0 Å². The fraction of sp³-hybridized carbons (Fsp3) is 0.115. The molecule has 1 unspecified atom stereocenters. The van der Waals surface area contributed by atoms with Crippen LogP contribution in [0.4, 0.5) is 0 Å². The number of nitrogens with zero attached hydrogens (tertiary/aromatic N) is 4. The van der Waals surface area contributed by atoms with E-state index in [1.54, 1.807) is 11.3 Å². The van der Waals surface area contributed by atoms with E-state index in [9.17, 15) is 10.5 Å². The molecule has 3 aromatic rings. The van der Waals surface area contributed by atoms with Crippen molar-refractivity contribution in [1.82, 2.24) is 4.90 Å². The average Bonchev–Trinajstić information content (AvgIpc) is 3.37. The van der Waals surface area contributed by atoms with Crippen LogP contribution in [-0.2, 0) is 0 Å². The Morgan fingerprint density at radius 2 is 1.71 bits per heavy atom. The summed E-state index contributed by atoms with van der Waals surface area (Å²) in [6, 6.07) is 26.7. The summed E-state index contributed by atoms with van der Waals surface area (Å²) in [5.41, 5.74) is 4.70. The summed E-state index contributed by atoms with van der Waals surface area (Å²) >= 11 is 1.58. The highest BCUT2D eigenvalue weighted by atomic mass is 32.1. The Labute approximate surface area is 186 Å². The maximum atomic E-state index is 9.66. The molecule has 0 saturated carbocycles. The van der Waals surface area contributed by atoms with Gasteiger partial charge in [0.15, 0.2) is 11.4 Å². The van der Waals surface area contributed by atoms with E-state index < -0.39 is 0 Å². The first kappa shape index (κ1) is 20.3. The van der Waals surface area contributed by atoms with Crippen LogP contribution >= 0.6 is 11.3 Å². The topological polar surface area (TPSA) is 63.2 Å². The number of allylic oxidation sites excluding steroid dienone is 2. The van der Waals surface area contributed by atoms with Crippen LogP contribution < -0.4 is 0 Å². The lowest BCUT2D eigenvalue weighted by atomic mass is 10.0. The summed E-state index contributed by atoms with van der Waals surface area (Å²) < 4.78 is 0. The molecule has 0 aliphatic carbocycles. The van der Waals surface area contributed by atoms with Gasteiger partial charge in [0.25, 0.3) is 0 Å². The lowest BCUT2D eigenvalue weighted by Gasteiger charge is -2.33. The first-order chi connectivity index (χ1) is 15.2. The van der Waals surface area contributed by atoms with Crippen molar-refractivity contribution in [2.75, 3.05) is 6.54 Å². The molecule has 0 fully saturated rings. The van der Waals surface area contributed by atoms with Crippen LogP contribution in [0.5, 0.6) is 0 Å². The quantitative estimate of drug-likeness (QED) is 0.518. The van der Waals surface area contributed by atoms with Gasteiger partial charge in [-0.2, -0.15) is 10.5 Å². The fourth-order valence-corrected chi connectivity index (χ4v) is 4.40. The number of hydrogen-bond donors (Lipinski definition) is 0. The number of likely N-dealkylation sites (N-methyl/N-ethyl adjacent to an activating group) is 1. The van der Waals surface area contributed by atoms with Gasteiger partial charge in [0, 0.05) is 6.54 Å². The molecule has 2 aromatic carbocycles. The molecule has 1 aliphatic rings. The summed E-state index contributed by atoms with van der Waals surface area (Å²) in [4.78, 5) is 7.51. The SMILES string of the molecule is CCN1C(C#N)=C(C#N)N=C(c2cccs2)C1/C=C/c1ccc(-c2ccccc2)cc1. The minimum Gasteiger partial charge on any atom is -0.349 e. The van der Waals surface area contributed by atoms with E-state index in [0.29, 0.717) is 12.2 Å². The van der Waals surface area contributed by atoms with Crippen LogP contribution in [0.2, 0.25) is 0 Å². The number of hydrogen-bond acceptors (Lipinski definition) is 5. The van der Waals surface area contributed by atoms with Gasteiger partial charge in [-0.05, 0) is 35.1 Å². The summed E-state index contributed by atoms with van der Waals surface area (Å²) in [5, 5.41) is 21.2. The number of benzene rings is 2. The van der Waals surface area contributed by atoms with E-state index in [0.717, 1.165) is 16.2 Å². The molecule has 0 radical (unpaired) electrons. The third kappa shape index (κ3) is 4.19. The van der Waals surface area contributed by atoms with E-state index in [4.69, 9.17) is 0 Å². The smallest absolute Gasteiger partial charge is 0.175 e. The Hall–Kier alpha value is -3.93. The maximum absolute atomic E-state index is 9.66. The zero-order valence-corrected chi connectivity index (χ0v) is 17.9. The molecule has 1 aromatic heterocycles. The second-order valence-corrected chi connectivity index (χ2v) is 7.92. The Morgan fingerprint density at radius 3 is 2.32 bits per heavy atom. The lowest BCUT2D eigenvalue weighted by molar-refractivity contribution is 0.366. The zero-order valence-electron chi connectivity index (χ0n) is 17.1. The number of nitriles is 2. The van der Waals surface area contributed by atoms with Gasteiger partial charge in [-0.1, -0.05) is 72.8 Å². The van der Waals surface area contributed by atoms with Crippen molar-refractivity contribution in [3.8, 4) is 23.3 Å². The van der Waals surface area contributed by atoms with Gasteiger partial charge in [-0.15, -0.1) is 11.3 Å². The summed E-state index contributed by atoms with van der Waals surface area (Å²) in [5.74, 6) is 0. The predicted molar refractivity (Wildman–Crippen MR) is 126 cm³/mol. The van der Waals surface area contributed by atoms with Crippen LogP contribution in [0, 0.1) is 22.7 Å². The molecule has 4 nitrogen and oxygen atoms in total. The standard InChI is InChI=1S/C26H20N4S/c1-2-30-23(26(25-9-6-16-31-25)29-22(17-27)24(30)18-28)15-12-19-10-13-21(14-11-19)20-7-4-3-5-8-20/h3-16,23H,2H2,1H3/b15-12+. The van der Waals surface area contributed by atoms with Crippen molar-refractivity contribution in [3.63, 3.8) is 0 Å². The Bertz CT molecular complexity index is 1220. The van der Waals surface area contributed by atoms with E-state index in [1.807, 2.05) is 47.5 Å². The molecule has 0 spiro atoms. The second kappa shape index (κ2) is 9.26. The molecule has 4 rings (SSSR count). The van der Waals surface area contributed by atoms with E-state index in [1.165, 1.54) is 11.1 Å². The van der Waals surface area contributed by atoms with Crippen LogP contribution in [0.3, 0.4) is 0 Å². The summed E-state index contributed by atoms with van der Waals surface area (Å²) in [7, 11) is 0. The molecule has 0 bridgehead atoms.